The minimum Gasteiger partial charge on any atom is -0.495 e. The number of benzene rings is 2. The Kier molecular flexibility index (Phi) is 3.33. The van der Waals surface area contributed by atoms with Gasteiger partial charge in [-0.2, -0.15) is 0 Å². The fraction of sp³-hybridized carbons (Fsp3) is 0.176. The Bertz CT molecular complexity index is 731. The average molecular weight is 266 g/mol. The van der Waals surface area contributed by atoms with Gasteiger partial charge in [0.1, 0.15) is 5.75 Å². The Balaban J connectivity index is 1.78. The lowest BCUT2D eigenvalue weighted by Gasteiger charge is -2.12. The van der Waals surface area contributed by atoms with Crippen LogP contribution in [-0.4, -0.2) is 12.1 Å². The van der Waals surface area contributed by atoms with Gasteiger partial charge in [0.25, 0.3) is 0 Å². The molecule has 102 valence electrons. The van der Waals surface area contributed by atoms with Gasteiger partial charge in [-0.25, -0.2) is 0 Å². The van der Waals surface area contributed by atoms with Crippen LogP contribution in [0.2, 0.25) is 0 Å². The van der Waals surface area contributed by atoms with Crippen molar-refractivity contribution in [1.29, 1.82) is 0 Å². The van der Waals surface area contributed by atoms with Gasteiger partial charge >= 0.3 is 0 Å². The van der Waals surface area contributed by atoms with Crippen molar-refractivity contribution in [3.63, 3.8) is 0 Å². The molecule has 2 N–H and O–H groups in total. The second-order valence-corrected chi connectivity index (χ2v) is 4.96. The summed E-state index contributed by atoms with van der Waals surface area (Å²) in [6, 6.07) is 14.7. The second-order valence-electron chi connectivity index (χ2n) is 4.96. The van der Waals surface area contributed by atoms with Gasteiger partial charge in [0.05, 0.1) is 12.8 Å². The average Bonchev–Trinajstić information content (AvgIpc) is 2.93. The first-order valence-electron chi connectivity index (χ1n) is 6.71. The van der Waals surface area contributed by atoms with E-state index >= 15 is 0 Å². The van der Waals surface area contributed by atoms with E-state index in [2.05, 4.69) is 53.6 Å². The van der Waals surface area contributed by atoms with E-state index in [9.17, 15) is 0 Å². The number of hydrogen-bond acceptors (Lipinski definition) is 2. The number of anilines is 1. The number of methoxy groups -OCH3 is 1. The van der Waals surface area contributed by atoms with Crippen LogP contribution in [-0.2, 0) is 6.54 Å². The zero-order chi connectivity index (χ0) is 13.9. The minimum absolute atomic E-state index is 0.778. The van der Waals surface area contributed by atoms with E-state index in [0.29, 0.717) is 0 Å². The normalized spacial score (nSPS) is 10.7. The molecule has 0 radical (unpaired) electrons. The maximum absolute atomic E-state index is 5.40. The molecule has 0 amide bonds. The summed E-state index contributed by atoms with van der Waals surface area (Å²) in [6.07, 6.45) is 1.96. The molecule has 0 saturated heterocycles. The third-order valence-corrected chi connectivity index (χ3v) is 3.46. The topological polar surface area (TPSA) is 37.0 Å². The Morgan fingerprint density at radius 3 is 2.85 bits per heavy atom. The van der Waals surface area contributed by atoms with E-state index in [1.807, 2.05) is 12.3 Å². The largest absolute Gasteiger partial charge is 0.495 e. The van der Waals surface area contributed by atoms with Crippen LogP contribution in [0.25, 0.3) is 10.9 Å². The summed E-state index contributed by atoms with van der Waals surface area (Å²) in [7, 11) is 1.70. The highest BCUT2D eigenvalue weighted by molar-refractivity contribution is 5.80. The molecule has 1 heterocycles. The van der Waals surface area contributed by atoms with E-state index in [0.717, 1.165) is 18.0 Å². The number of fused-ring (bicyclic) bond motifs is 1. The van der Waals surface area contributed by atoms with Crippen LogP contribution in [0.4, 0.5) is 5.69 Å². The highest BCUT2D eigenvalue weighted by atomic mass is 16.5. The van der Waals surface area contributed by atoms with Crippen LogP contribution in [0.5, 0.6) is 5.75 Å². The predicted molar refractivity (Wildman–Crippen MR) is 83.4 cm³/mol. The van der Waals surface area contributed by atoms with Gasteiger partial charge in [-0.1, -0.05) is 12.1 Å². The van der Waals surface area contributed by atoms with Crippen molar-refractivity contribution in [2.24, 2.45) is 0 Å². The molecule has 0 atom stereocenters. The molecule has 2 aromatic carbocycles. The van der Waals surface area contributed by atoms with Crippen molar-refractivity contribution >= 4 is 16.6 Å². The molecule has 1 aromatic heterocycles. The first-order valence-corrected chi connectivity index (χ1v) is 6.71. The van der Waals surface area contributed by atoms with Gasteiger partial charge in [0.2, 0.25) is 0 Å². The molecule has 3 heteroatoms. The van der Waals surface area contributed by atoms with Crippen LogP contribution in [0.15, 0.2) is 48.7 Å². The van der Waals surface area contributed by atoms with Crippen LogP contribution in [0, 0.1) is 6.92 Å². The molecule has 0 unspecified atom stereocenters. The number of H-pyrrole nitrogens is 1. The van der Waals surface area contributed by atoms with E-state index in [-0.39, 0.29) is 0 Å². The number of nitrogens with one attached hydrogen (secondary N) is 2. The van der Waals surface area contributed by atoms with Crippen molar-refractivity contribution in [3.8, 4) is 5.75 Å². The van der Waals surface area contributed by atoms with Gasteiger partial charge in [-0.05, 0) is 53.8 Å². The van der Waals surface area contributed by atoms with Crippen LogP contribution < -0.4 is 10.1 Å². The summed E-state index contributed by atoms with van der Waals surface area (Å²) in [6.45, 7) is 2.84. The Morgan fingerprint density at radius 2 is 2.00 bits per heavy atom. The fourth-order valence-electron chi connectivity index (χ4n) is 2.35. The molecule has 0 aliphatic rings. The molecule has 3 aromatic rings. The summed E-state index contributed by atoms with van der Waals surface area (Å²) < 4.78 is 5.40. The van der Waals surface area contributed by atoms with Gasteiger partial charge in [0, 0.05) is 18.3 Å². The number of hydrogen-bond donors (Lipinski definition) is 2. The lowest BCUT2D eigenvalue weighted by atomic mass is 10.1. The maximum atomic E-state index is 5.40. The van der Waals surface area contributed by atoms with Crippen molar-refractivity contribution in [2.75, 3.05) is 12.4 Å². The Morgan fingerprint density at radius 1 is 1.10 bits per heavy atom. The van der Waals surface area contributed by atoms with Crippen LogP contribution >= 0.6 is 0 Å². The molecule has 0 spiro atoms. The van der Waals surface area contributed by atoms with Crippen molar-refractivity contribution < 1.29 is 4.74 Å². The predicted octanol–water partition coefficient (Wildman–Crippen LogP) is 4.10. The summed E-state index contributed by atoms with van der Waals surface area (Å²) in [5.41, 5.74) is 4.63. The number of aryl methyl sites for hydroxylation is 1. The highest BCUT2D eigenvalue weighted by Gasteiger charge is 2.03. The number of ether oxygens (including phenoxy) is 1. The van der Waals surface area contributed by atoms with Gasteiger partial charge in [0.15, 0.2) is 0 Å². The molecule has 0 saturated carbocycles. The molecule has 0 aliphatic carbocycles. The minimum atomic E-state index is 0.778. The lowest BCUT2D eigenvalue weighted by molar-refractivity contribution is 0.416. The van der Waals surface area contributed by atoms with E-state index in [4.69, 9.17) is 4.74 Å². The first kappa shape index (κ1) is 12.6. The Hall–Kier alpha value is -2.42. The van der Waals surface area contributed by atoms with E-state index in [1.54, 1.807) is 7.11 Å². The number of aromatic nitrogens is 1. The van der Waals surface area contributed by atoms with Gasteiger partial charge < -0.3 is 15.0 Å². The smallest absolute Gasteiger partial charge is 0.142 e. The summed E-state index contributed by atoms with van der Waals surface area (Å²) in [5, 5.41) is 4.67. The lowest BCUT2D eigenvalue weighted by Crippen LogP contribution is -2.01. The van der Waals surface area contributed by atoms with Crippen molar-refractivity contribution in [2.45, 2.75) is 13.5 Å². The van der Waals surface area contributed by atoms with Crippen LogP contribution in [0.1, 0.15) is 11.1 Å². The highest BCUT2D eigenvalue weighted by Crippen LogP contribution is 2.26. The molecule has 3 rings (SSSR count). The third-order valence-electron chi connectivity index (χ3n) is 3.46. The quantitative estimate of drug-likeness (QED) is 0.746. The molecule has 20 heavy (non-hydrogen) atoms. The van der Waals surface area contributed by atoms with Crippen LogP contribution in [0.3, 0.4) is 0 Å². The second kappa shape index (κ2) is 5.29. The summed E-state index contributed by atoms with van der Waals surface area (Å²) >= 11 is 0. The first-order chi connectivity index (χ1) is 9.76. The summed E-state index contributed by atoms with van der Waals surface area (Å²) in [4.78, 5) is 3.20. The maximum Gasteiger partial charge on any atom is 0.142 e. The van der Waals surface area contributed by atoms with E-state index < -0.39 is 0 Å². The fourth-order valence-corrected chi connectivity index (χ4v) is 2.35. The SMILES string of the molecule is COc1cc(C)ccc1NCc1ccc2[nH]ccc2c1. The van der Waals surface area contributed by atoms with Gasteiger partial charge in [-0.15, -0.1) is 0 Å². The molecule has 3 nitrogen and oxygen atoms in total. The summed E-state index contributed by atoms with van der Waals surface area (Å²) in [5.74, 6) is 0.882. The monoisotopic (exact) mass is 266 g/mol. The van der Waals surface area contributed by atoms with E-state index in [1.165, 1.54) is 22.0 Å². The zero-order valence-electron chi connectivity index (χ0n) is 11.7. The zero-order valence-corrected chi connectivity index (χ0v) is 11.7. The third kappa shape index (κ3) is 2.48. The standard InChI is InChI=1S/C17H18N2O/c1-12-3-5-16(17(9-12)20-2)19-11-13-4-6-15-14(10-13)7-8-18-15/h3-10,18-19H,11H2,1-2H3. The number of rotatable bonds is 4. The Labute approximate surface area is 118 Å². The van der Waals surface area contributed by atoms with Gasteiger partial charge in [-0.3, -0.25) is 0 Å². The number of aromatic amines is 1. The molecule has 0 fully saturated rings. The molecule has 0 aliphatic heterocycles. The van der Waals surface area contributed by atoms with Crippen molar-refractivity contribution in [3.05, 3.63) is 59.8 Å². The molecule has 0 bridgehead atoms. The molecular weight excluding hydrogens is 248 g/mol. The van der Waals surface area contributed by atoms with Crippen molar-refractivity contribution in [1.82, 2.24) is 4.98 Å². The molecular formula is C17H18N2O.